The highest BCUT2D eigenvalue weighted by Gasteiger charge is 2.46. The first kappa shape index (κ1) is 30.0. The van der Waals surface area contributed by atoms with Crippen LogP contribution in [0.1, 0.15) is 62.6 Å². The zero-order chi connectivity index (χ0) is 29.5. The van der Waals surface area contributed by atoms with Crippen LogP contribution < -0.4 is 4.74 Å². The predicted molar refractivity (Wildman–Crippen MR) is 152 cm³/mol. The van der Waals surface area contributed by atoms with Crippen molar-refractivity contribution in [2.24, 2.45) is 5.41 Å². The van der Waals surface area contributed by atoms with E-state index in [1.54, 1.807) is 77.1 Å². The fraction of sp³-hybridized carbons (Fsp3) is 0.310. The van der Waals surface area contributed by atoms with Crippen molar-refractivity contribution >= 4 is 47.9 Å². The third-order valence-corrected chi connectivity index (χ3v) is 10.7. The maximum absolute atomic E-state index is 14.7. The van der Waals surface area contributed by atoms with Crippen LogP contribution in [0.4, 0.5) is 13.2 Å². The fourth-order valence-electron chi connectivity index (χ4n) is 4.18. The lowest BCUT2D eigenvalue weighted by atomic mass is 9.95. The third-order valence-electron chi connectivity index (χ3n) is 6.22. The Morgan fingerprint density at radius 3 is 2.33 bits per heavy atom. The number of carbonyl (C=O) groups is 1. The number of ether oxygens (including phenoxy) is 2. The number of carbonyl (C=O) groups excluding carboxylic acids is 1. The van der Waals surface area contributed by atoms with Crippen LogP contribution >= 0.6 is 11.6 Å². The summed E-state index contributed by atoms with van der Waals surface area (Å²) in [6.45, 7) is 8.27. The summed E-state index contributed by atoms with van der Waals surface area (Å²) in [5.41, 5.74) is -1.03. The zero-order valence-corrected chi connectivity index (χ0v) is 24.8. The summed E-state index contributed by atoms with van der Waals surface area (Å²) in [4.78, 5) is 17.5. The Labute approximate surface area is 241 Å². The van der Waals surface area contributed by atoms with E-state index < -0.39 is 42.9 Å². The van der Waals surface area contributed by atoms with E-state index in [1.165, 1.54) is 6.20 Å². The molecule has 0 N–H and O–H groups in total. The summed E-state index contributed by atoms with van der Waals surface area (Å²) in [5.74, 6) is -1.10. The number of halogens is 4. The van der Waals surface area contributed by atoms with Crippen LogP contribution in [0.3, 0.4) is 0 Å². The molecule has 0 spiro atoms. The number of alkyl halides is 3. The van der Waals surface area contributed by atoms with E-state index in [4.69, 9.17) is 21.1 Å². The van der Waals surface area contributed by atoms with E-state index in [0.29, 0.717) is 16.8 Å². The molecule has 0 aliphatic carbocycles. The number of nitrogens with zero attached hydrogens (tertiary/aromatic N) is 1. The van der Waals surface area contributed by atoms with Gasteiger partial charge in [-0.05, 0) is 73.9 Å². The topological polar surface area (TPSA) is 65.5 Å². The summed E-state index contributed by atoms with van der Waals surface area (Å²) in [7, 11) is -1.41. The average Bonchev–Trinajstić information content (AvgIpc) is 2.88. The lowest BCUT2D eigenvalue weighted by molar-refractivity contribution is -0.145. The number of esters is 1. The molecule has 1 atom stereocenters. The van der Waals surface area contributed by atoms with Gasteiger partial charge < -0.3 is 9.47 Å². The summed E-state index contributed by atoms with van der Waals surface area (Å²) < 4.78 is 67.6. The molecule has 5 nitrogen and oxygen atoms in total. The number of hydrogen-bond acceptors (Lipinski definition) is 5. The van der Waals surface area contributed by atoms with Crippen LogP contribution in [-0.2, 0) is 46.7 Å². The fourth-order valence-corrected chi connectivity index (χ4v) is 7.62. The van der Waals surface area contributed by atoms with Crippen molar-refractivity contribution in [3.63, 3.8) is 0 Å². The van der Waals surface area contributed by atoms with Gasteiger partial charge in [-0.2, -0.15) is 13.2 Å². The zero-order valence-electron chi connectivity index (χ0n) is 22.4. The highest BCUT2D eigenvalue weighted by molar-refractivity contribution is 8.36. The molecule has 2 heterocycles. The molecule has 212 valence electrons. The quantitative estimate of drug-likeness (QED) is 0.277. The van der Waals surface area contributed by atoms with Crippen LogP contribution in [0.15, 0.2) is 60.8 Å². The lowest BCUT2D eigenvalue weighted by Crippen LogP contribution is -2.33. The number of pyridine rings is 1. The van der Waals surface area contributed by atoms with E-state index in [2.05, 4.69) is 4.98 Å². The van der Waals surface area contributed by atoms with E-state index in [0.717, 1.165) is 12.1 Å². The maximum atomic E-state index is 14.7. The van der Waals surface area contributed by atoms with Gasteiger partial charge in [0.15, 0.2) is 5.76 Å². The summed E-state index contributed by atoms with van der Waals surface area (Å²) in [6.07, 6.45) is -3.32. The van der Waals surface area contributed by atoms with Gasteiger partial charge in [0.2, 0.25) is 0 Å². The van der Waals surface area contributed by atoms with Gasteiger partial charge in [0, 0.05) is 17.3 Å². The lowest BCUT2D eigenvalue weighted by Gasteiger charge is -2.36. The molecule has 40 heavy (non-hydrogen) atoms. The number of benzene rings is 2. The first-order valence-corrected chi connectivity index (χ1v) is 15.1. The standard InChI is InChI=1S/C29H27ClF3NO4S2/c1-27(2,3)26(35)38-22-18-12-9-15-34-25(18)28(4,5)40(39-36)24(22)21-19(29(31,32)33)13-14-20(30)23(21)37-16-17-10-7-6-8-11-17/h6-15H,16H2,1-5H3. The Hall–Kier alpha value is -2.95. The Bertz CT molecular complexity index is 1560. The van der Waals surface area contributed by atoms with Crippen LogP contribution in [0.25, 0.3) is 10.7 Å². The largest absolute Gasteiger partial charge is 0.487 e. The molecular weight excluding hydrogens is 583 g/mol. The first-order chi connectivity index (χ1) is 18.7. The SMILES string of the molecule is CC(C)(C)C(=O)OC1=C(c2c(C(F)(F)F)ccc(Cl)c2OCc2ccccc2)S(=S=O)C(C)(C)c2ncccc21. The molecule has 1 aliphatic heterocycles. The Morgan fingerprint density at radius 1 is 1.05 bits per heavy atom. The molecule has 0 bridgehead atoms. The number of hydrogen-bond donors (Lipinski definition) is 0. The van der Waals surface area contributed by atoms with Gasteiger partial charge in [-0.1, -0.05) is 41.9 Å². The van der Waals surface area contributed by atoms with E-state index in [-0.39, 0.29) is 38.3 Å². The average molecular weight is 610 g/mol. The molecule has 3 aromatic rings. The minimum absolute atomic E-state index is 0.0813. The monoisotopic (exact) mass is 609 g/mol. The molecule has 1 aromatic heterocycles. The number of fused-ring (bicyclic) bond motifs is 1. The van der Waals surface area contributed by atoms with Gasteiger partial charge in [-0.15, -0.1) is 0 Å². The Kier molecular flexibility index (Phi) is 8.36. The first-order valence-electron chi connectivity index (χ1n) is 12.2. The van der Waals surface area contributed by atoms with Crippen molar-refractivity contribution in [3.05, 3.63) is 93.8 Å². The van der Waals surface area contributed by atoms with Crippen molar-refractivity contribution in [2.45, 2.75) is 52.1 Å². The van der Waals surface area contributed by atoms with Crippen molar-refractivity contribution in [3.8, 4) is 5.75 Å². The number of aromatic nitrogens is 1. The van der Waals surface area contributed by atoms with Crippen molar-refractivity contribution in [1.29, 1.82) is 0 Å². The summed E-state index contributed by atoms with van der Waals surface area (Å²) in [5, 5.41) is -0.0813. The molecule has 1 aliphatic rings. The highest BCUT2D eigenvalue weighted by Crippen LogP contribution is 2.53. The van der Waals surface area contributed by atoms with Crippen molar-refractivity contribution < 1.29 is 31.6 Å². The second-order valence-corrected chi connectivity index (χ2v) is 14.5. The molecular formula is C29H27ClF3NO4S2. The summed E-state index contributed by atoms with van der Waals surface area (Å²) in [6, 6.07) is 14.1. The van der Waals surface area contributed by atoms with Gasteiger partial charge in [-0.3, -0.25) is 9.78 Å². The second kappa shape index (κ2) is 11.1. The maximum Gasteiger partial charge on any atom is 0.417 e. The molecule has 0 saturated carbocycles. The minimum atomic E-state index is -4.85. The summed E-state index contributed by atoms with van der Waals surface area (Å²) >= 11 is 6.51. The van der Waals surface area contributed by atoms with Gasteiger partial charge in [-0.25, -0.2) is 4.21 Å². The normalized spacial score (nSPS) is 16.8. The predicted octanol–water partition coefficient (Wildman–Crippen LogP) is 7.74. The number of rotatable bonds is 5. The third kappa shape index (κ3) is 5.75. The molecule has 2 aromatic carbocycles. The van der Waals surface area contributed by atoms with Crippen LogP contribution in [0.5, 0.6) is 5.75 Å². The van der Waals surface area contributed by atoms with Crippen LogP contribution in [-0.4, -0.2) is 15.2 Å². The van der Waals surface area contributed by atoms with Gasteiger partial charge in [0.1, 0.15) is 22.6 Å². The van der Waals surface area contributed by atoms with E-state index in [1.807, 2.05) is 0 Å². The molecule has 0 saturated heterocycles. The highest BCUT2D eigenvalue weighted by atomic mass is 35.5. The van der Waals surface area contributed by atoms with E-state index >= 15 is 0 Å². The van der Waals surface area contributed by atoms with E-state index in [9.17, 15) is 22.2 Å². The van der Waals surface area contributed by atoms with Crippen molar-refractivity contribution in [2.75, 3.05) is 0 Å². The minimum Gasteiger partial charge on any atom is -0.487 e. The van der Waals surface area contributed by atoms with Crippen LogP contribution in [0.2, 0.25) is 5.02 Å². The smallest absolute Gasteiger partial charge is 0.417 e. The second-order valence-electron chi connectivity index (χ2n) is 10.6. The molecule has 1 unspecified atom stereocenters. The van der Waals surface area contributed by atoms with Crippen LogP contribution in [0, 0.1) is 5.41 Å². The molecule has 0 radical (unpaired) electrons. The van der Waals surface area contributed by atoms with Crippen molar-refractivity contribution in [1.82, 2.24) is 4.98 Å². The van der Waals surface area contributed by atoms with Gasteiger partial charge in [0.25, 0.3) is 0 Å². The molecule has 0 amide bonds. The van der Waals surface area contributed by atoms with Gasteiger partial charge in [0.05, 0.1) is 31.3 Å². The molecule has 4 rings (SSSR count). The molecule has 11 heteroatoms. The van der Waals surface area contributed by atoms with Gasteiger partial charge >= 0.3 is 12.1 Å². The Balaban J connectivity index is 2.13. The molecule has 0 fully saturated rings. The Morgan fingerprint density at radius 2 is 1.73 bits per heavy atom.